The second-order valence-corrected chi connectivity index (χ2v) is 5.39. The zero-order valence-corrected chi connectivity index (χ0v) is 11.2. The predicted octanol–water partition coefficient (Wildman–Crippen LogP) is 2.89. The van der Waals surface area contributed by atoms with Crippen LogP contribution in [-0.4, -0.2) is 28.6 Å². The quantitative estimate of drug-likeness (QED) is 0.878. The molecule has 0 spiro atoms. The molecule has 1 saturated carbocycles. The van der Waals surface area contributed by atoms with Crippen molar-refractivity contribution in [1.29, 1.82) is 0 Å². The SMILES string of the molecule is O=C(O)CCN(Cc1ccc(Br)cc1)C1CC1. The van der Waals surface area contributed by atoms with E-state index >= 15 is 0 Å². The maximum Gasteiger partial charge on any atom is 0.304 e. The lowest BCUT2D eigenvalue weighted by Crippen LogP contribution is -2.28. The van der Waals surface area contributed by atoms with Crippen LogP contribution in [0, 0.1) is 0 Å². The van der Waals surface area contributed by atoms with Crippen molar-refractivity contribution in [2.24, 2.45) is 0 Å². The first kappa shape index (κ1) is 12.6. The Kier molecular flexibility index (Phi) is 4.18. The van der Waals surface area contributed by atoms with Crippen LogP contribution in [0.3, 0.4) is 0 Å². The van der Waals surface area contributed by atoms with Crippen LogP contribution in [0.4, 0.5) is 0 Å². The average Bonchev–Trinajstić information content (AvgIpc) is 3.10. The van der Waals surface area contributed by atoms with Crippen LogP contribution in [-0.2, 0) is 11.3 Å². The zero-order chi connectivity index (χ0) is 12.3. The maximum absolute atomic E-state index is 10.6. The topological polar surface area (TPSA) is 40.5 Å². The fourth-order valence-electron chi connectivity index (χ4n) is 1.89. The molecular formula is C13H16BrNO2. The molecule has 1 fully saturated rings. The molecule has 1 aliphatic carbocycles. The first-order chi connectivity index (χ1) is 8.15. The lowest BCUT2D eigenvalue weighted by molar-refractivity contribution is -0.137. The number of halogens is 1. The first-order valence-electron chi connectivity index (χ1n) is 5.85. The fourth-order valence-corrected chi connectivity index (χ4v) is 2.16. The van der Waals surface area contributed by atoms with E-state index < -0.39 is 5.97 Å². The Morgan fingerprint density at radius 1 is 1.35 bits per heavy atom. The van der Waals surface area contributed by atoms with Gasteiger partial charge in [0.05, 0.1) is 6.42 Å². The lowest BCUT2D eigenvalue weighted by atomic mass is 10.2. The van der Waals surface area contributed by atoms with Crippen LogP contribution in [0.1, 0.15) is 24.8 Å². The van der Waals surface area contributed by atoms with Crippen molar-refractivity contribution in [3.63, 3.8) is 0 Å². The van der Waals surface area contributed by atoms with Crippen molar-refractivity contribution < 1.29 is 9.90 Å². The third-order valence-electron chi connectivity index (χ3n) is 2.98. The molecule has 1 aliphatic rings. The second-order valence-electron chi connectivity index (χ2n) is 4.47. The van der Waals surface area contributed by atoms with Gasteiger partial charge in [-0.2, -0.15) is 0 Å². The summed E-state index contributed by atoms with van der Waals surface area (Å²) in [5.74, 6) is -0.716. The smallest absolute Gasteiger partial charge is 0.304 e. The Balaban J connectivity index is 1.92. The van der Waals surface area contributed by atoms with Crippen molar-refractivity contribution >= 4 is 21.9 Å². The number of carbonyl (C=O) groups is 1. The predicted molar refractivity (Wildman–Crippen MR) is 69.8 cm³/mol. The fraction of sp³-hybridized carbons (Fsp3) is 0.462. The highest BCUT2D eigenvalue weighted by atomic mass is 79.9. The summed E-state index contributed by atoms with van der Waals surface area (Å²) in [5.41, 5.74) is 1.24. The van der Waals surface area contributed by atoms with Gasteiger partial charge in [-0.15, -0.1) is 0 Å². The van der Waals surface area contributed by atoms with Gasteiger partial charge in [0.25, 0.3) is 0 Å². The normalized spacial score (nSPS) is 15.2. The number of benzene rings is 1. The van der Waals surface area contributed by atoms with Crippen molar-refractivity contribution in [2.75, 3.05) is 6.54 Å². The van der Waals surface area contributed by atoms with Crippen molar-refractivity contribution in [1.82, 2.24) is 4.90 Å². The van der Waals surface area contributed by atoms with Crippen LogP contribution in [0.5, 0.6) is 0 Å². The summed E-state index contributed by atoms with van der Waals surface area (Å²) in [5, 5.41) is 8.73. The highest BCUT2D eigenvalue weighted by molar-refractivity contribution is 9.10. The molecule has 1 N–H and O–H groups in total. The molecule has 0 saturated heterocycles. The third kappa shape index (κ3) is 4.13. The summed E-state index contributed by atoms with van der Waals surface area (Å²) < 4.78 is 1.07. The molecule has 0 bridgehead atoms. The van der Waals surface area contributed by atoms with Crippen LogP contribution in [0.15, 0.2) is 28.7 Å². The highest BCUT2D eigenvalue weighted by Gasteiger charge is 2.28. The number of hydrogen-bond donors (Lipinski definition) is 1. The van der Waals surface area contributed by atoms with Crippen LogP contribution in [0.25, 0.3) is 0 Å². The second kappa shape index (κ2) is 5.65. The van der Waals surface area contributed by atoms with Crippen molar-refractivity contribution in [3.8, 4) is 0 Å². The Labute approximate surface area is 110 Å². The summed E-state index contributed by atoms with van der Waals surface area (Å²) in [6.07, 6.45) is 2.64. The summed E-state index contributed by atoms with van der Waals surface area (Å²) in [6, 6.07) is 8.81. The molecule has 3 nitrogen and oxygen atoms in total. The minimum atomic E-state index is -0.716. The van der Waals surface area contributed by atoms with E-state index in [-0.39, 0.29) is 6.42 Å². The minimum Gasteiger partial charge on any atom is -0.481 e. The lowest BCUT2D eigenvalue weighted by Gasteiger charge is -2.21. The van der Waals surface area contributed by atoms with E-state index in [1.165, 1.54) is 18.4 Å². The molecule has 0 atom stereocenters. The number of nitrogens with zero attached hydrogens (tertiary/aromatic N) is 1. The average molecular weight is 298 g/mol. The molecule has 0 aromatic heterocycles. The Bertz CT molecular complexity index is 387. The number of aliphatic carboxylic acids is 1. The highest BCUT2D eigenvalue weighted by Crippen LogP contribution is 2.28. The number of rotatable bonds is 6. The molecule has 0 aliphatic heterocycles. The first-order valence-corrected chi connectivity index (χ1v) is 6.65. The van der Waals surface area contributed by atoms with E-state index in [2.05, 4.69) is 33.0 Å². The maximum atomic E-state index is 10.6. The monoisotopic (exact) mass is 297 g/mol. The minimum absolute atomic E-state index is 0.229. The molecular weight excluding hydrogens is 282 g/mol. The van der Waals surface area contributed by atoms with Crippen molar-refractivity contribution in [2.45, 2.75) is 31.8 Å². The van der Waals surface area contributed by atoms with Gasteiger partial charge in [0, 0.05) is 23.6 Å². The summed E-state index contributed by atoms with van der Waals surface area (Å²) in [6.45, 7) is 1.50. The van der Waals surface area contributed by atoms with Crippen LogP contribution >= 0.6 is 15.9 Å². The summed E-state index contributed by atoms with van der Waals surface area (Å²) in [4.78, 5) is 12.9. The van der Waals surface area contributed by atoms with E-state index in [9.17, 15) is 4.79 Å². The molecule has 0 radical (unpaired) electrons. The molecule has 2 rings (SSSR count). The molecule has 0 unspecified atom stereocenters. The van der Waals surface area contributed by atoms with Gasteiger partial charge < -0.3 is 5.11 Å². The van der Waals surface area contributed by atoms with Gasteiger partial charge in [-0.3, -0.25) is 9.69 Å². The van der Waals surface area contributed by atoms with Gasteiger partial charge in [-0.1, -0.05) is 28.1 Å². The van der Waals surface area contributed by atoms with Gasteiger partial charge in [0.15, 0.2) is 0 Å². The molecule has 92 valence electrons. The standard InChI is InChI=1S/C13H16BrNO2/c14-11-3-1-10(2-4-11)9-15(12-5-6-12)8-7-13(16)17/h1-4,12H,5-9H2,(H,16,17). The van der Waals surface area contributed by atoms with Crippen molar-refractivity contribution in [3.05, 3.63) is 34.3 Å². The van der Waals surface area contributed by atoms with Crippen LogP contribution < -0.4 is 0 Å². The van der Waals surface area contributed by atoms with E-state index in [4.69, 9.17) is 5.11 Å². The zero-order valence-electron chi connectivity index (χ0n) is 9.60. The van der Waals surface area contributed by atoms with E-state index in [0.717, 1.165) is 11.0 Å². The number of hydrogen-bond acceptors (Lipinski definition) is 2. The molecule has 1 aromatic carbocycles. The van der Waals surface area contributed by atoms with E-state index in [0.29, 0.717) is 12.6 Å². The van der Waals surface area contributed by atoms with Crippen LogP contribution in [0.2, 0.25) is 0 Å². The van der Waals surface area contributed by atoms with Gasteiger partial charge in [0.2, 0.25) is 0 Å². The molecule has 17 heavy (non-hydrogen) atoms. The molecule has 0 heterocycles. The Morgan fingerprint density at radius 3 is 2.53 bits per heavy atom. The van der Waals surface area contributed by atoms with Gasteiger partial charge in [-0.05, 0) is 30.5 Å². The third-order valence-corrected chi connectivity index (χ3v) is 3.50. The van der Waals surface area contributed by atoms with Gasteiger partial charge in [-0.25, -0.2) is 0 Å². The molecule has 0 amide bonds. The van der Waals surface area contributed by atoms with E-state index in [1.54, 1.807) is 0 Å². The Morgan fingerprint density at radius 2 is 2.00 bits per heavy atom. The molecule has 1 aromatic rings. The number of carboxylic acid groups (broad SMARTS) is 1. The summed E-state index contributed by atoms with van der Waals surface area (Å²) >= 11 is 3.41. The van der Waals surface area contributed by atoms with Gasteiger partial charge in [0.1, 0.15) is 0 Å². The largest absolute Gasteiger partial charge is 0.481 e. The van der Waals surface area contributed by atoms with Gasteiger partial charge >= 0.3 is 5.97 Å². The summed E-state index contributed by atoms with van der Waals surface area (Å²) in [7, 11) is 0. The Hall–Kier alpha value is -0.870. The molecule has 4 heteroatoms. The number of carboxylic acids is 1. The van der Waals surface area contributed by atoms with E-state index in [1.807, 2.05) is 12.1 Å².